The van der Waals surface area contributed by atoms with Crippen molar-refractivity contribution in [2.45, 2.75) is 12.3 Å². The first-order valence-electron chi connectivity index (χ1n) is 6.94. The van der Waals surface area contributed by atoms with Crippen LogP contribution in [0.1, 0.15) is 28.5 Å². The zero-order chi connectivity index (χ0) is 14.2. The Morgan fingerprint density at radius 3 is 3.14 bits per heavy atom. The molecule has 3 heterocycles. The van der Waals surface area contributed by atoms with Gasteiger partial charge in [0, 0.05) is 36.1 Å². The summed E-state index contributed by atoms with van der Waals surface area (Å²) in [6, 6.07) is 7.83. The van der Waals surface area contributed by atoms with Gasteiger partial charge in [-0.15, -0.1) is 0 Å². The highest BCUT2D eigenvalue weighted by atomic mass is 16.5. The summed E-state index contributed by atoms with van der Waals surface area (Å²) in [5.74, 6) is 0.903. The van der Waals surface area contributed by atoms with Crippen molar-refractivity contribution in [2.24, 2.45) is 0 Å². The van der Waals surface area contributed by atoms with Crippen molar-refractivity contribution in [2.75, 3.05) is 13.1 Å². The summed E-state index contributed by atoms with van der Waals surface area (Å²) >= 11 is 0. The van der Waals surface area contributed by atoms with E-state index in [2.05, 4.69) is 15.1 Å². The summed E-state index contributed by atoms with van der Waals surface area (Å²) in [5, 5.41) is 4.84. The van der Waals surface area contributed by atoms with E-state index in [1.165, 1.54) is 6.39 Å². The normalized spacial score (nSPS) is 18.5. The number of benzene rings is 1. The van der Waals surface area contributed by atoms with E-state index in [-0.39, 0.29) is 11.8 Å². The number of aromatic nitrogens is 3. The number of hydrogen-bond acceptors (Lipinski definition) is 4. The lowest BCUT2D eigenvalue weighted by Crippen LogP contribution is -2.28. The van der Waals surface area contributed by atoms with Gasteiger partial charge in [-0.25, -0.2) is 0 Å². The first-order valence-corrected chi connectivity index (χ1v) is 6.94. The minimum Gasteiger partial charge on any atom is -0.360 e. The SMILES string of the molecule is O=C(c1c[nH]c2ccccc12)N1CC[C@H](c2ncon2)C1. The molecule has 21 heavy (non-hydrogen) atoms. The third kappa shape index (κ3) is 1.99. The summed E-state index contributed by atoms with van der Waals surface area (Å²) in [6.07, 6.45) is 3.99. The Labute approximate surface area is 120 Å². The molecule has 6 nitrogen and oxygen atoms in total. The number of para-hydroxylation sites is 1. The van der Waals surface area contributed by atoms with Crippen LogP contribution in [0.5, 0.6) is 0 Å². The van der Waals surface area contributed by atoms with Gasteiger partial charge in [-0.1, -0.05) is 23.4 Å². The molecule has 1 atom stereocenters. The van der Waals surface area contributed by atoms with E-state index in [1.807, 2.05) is 29.2 Å². The standard InChI is InChI=1S/C15H14N4O2/c20-15(12-7-16-13-4-2-1-3-11(12)13)19-6-5-10(8-19)14-17-9-21-18-14/h1-4,7,9-10,16H,5-6,8H2/t10-/m0/s1. The summed E-state index contributed by atoms with van der Waals surface area (Å²) < 4.78 is 4.78. The second kappa shape index (κ2) is 4.73. The van der Waals surface area contributed by atoms with Gasteiger partial charge in [-0.3, -0.25) is 4.79 Å². The molecule has 1 amide bonds. The average Bonchev–Trinajstić information content (AvgIpc) is 3.25. The highest BCUT2D eigenvalue weighted by Crippen LogP contribution is 2.27. The van der Waals surface area contributed by atoms with E-state index < -0.39 is 0 Å². The number of H-pyrrole nitrogens is 1. The molecule has 1 aliphatic heterocycles. The lowest BCUT2D eigenvalue weighted by atomic mass is 10.1. The van der Waals surface area contributed by atoms with Crippen LogP contribution in [0.2, 0.25) is 0 Å². The Morgan fingerprint density at radius 1 is 1.38 bits per heavy atom. The van der Waals surface area contributed by atoms with E-state index >= 15 is 0 Å². The maximum atomic E-state index is 12.7. The highest BCUT2D eigenvalue weighted by molar-refractivity contribution is 6.06. The van der Waals surface area contributed by atoms with Gasteiger partial charge in [-0.05, 0) is 12.5 Å². The van der Waals surface area contributed by atoms with Gasteiger partial charge in [-0.2, -0.15) is 4.98 Å². The molecule has 0 aliphatic carbocycles. The smallest absolute Gasteiger partial charge is 0.256 e. The Balaban J connectivity index is 1.58. The number of aromatic amines is 1. The van der Waals surface area contributed by atoms with Crippen molar-refractivity contribution in [1.82, 2.24) is 20.0 Å². The predicted molar refractivity (Wildman–Crippen MR) is 75.9 cm³/mol. The fourth-order valence-electron chi connectivity index (χ4n) is 2.93. The predicted octanol–water partition coefficient (Wildman–Crippen LogP) is 2.18. The Kier molecular flexibility index (Phi) is 2.73. The van der Waals surface area contributed by atoms with Crippen LogP contribution in [0.3, 0.4) is 0 Å². The quantitative estimate of drug-likeness (QED) is 0.781. The molecule has 0 unspecified atom stereocenters. The number of rotatable bonds is 2. The van der Waals surface area contributed by atoms with Gasteiger partial charge < -0.3 is 14.4 Å². The summed E-state index contributed by atoms with van der Waals surface area (Å²) in [4.78, 5) is 21.8. The Morgan fingerprint density at radius 2 is 2.29 bits per heavy atom. The van der Waals surface area contributed by atoms with Gasteiger partial charge in [0.05, 0.1) is 5.56 Å². The number of amides is 1. The van der Waals surface area contributed by atoms with Crippen LogP contribution < -0.4 is 0 Å². The highest BCUT2D eigenvalue weighted by Gasteiger charge is 2.31. The van der Waals surface area contributed by atoms with Crippen LogP contribution in [-0.2, 0) is 0 Å². The molecule has 1 aliphatic rings. The summed E-state index contributed by atoms with van der Waals surface area (Å²) in [6.45, 7) is 1.36. The minimum atomic E-state index is 0.0541. The average molecular weight is 282 g/mol. The molecule has 0 bridgehead atoms. The molecule has 6 heteroatoms. The van der Waals surface area contributed by atoms with Crippen molar-refractivity contribution >= 4 is 16.8 Å². The van der Waals surface area contributed by atoms with Crippen LogP contribution in [0, 0.1) is 0 Å². The topological polar surface area (TPSA) is 75.0 Å². The van der Waals surface area contributed by atoms with Gasteiger partial charge in [0.1, 0.15) is 0 Å². The molecule has 3 aromatic rings. The van der Waals surface area contributed by atoms with Crippen molar-refractivity contribution in [3.63, 3.8) is 0 Å². The Hall–Kier alpha value is -2.63. The molecule has 2 aromatic heterocycles. The van der Waals surface area contributed by atoms with E-state index in [9.17, 15) is 4.79 Å². The van der Waals surface area contributed by atoms with Crippen LogP contribution in [-0.4, -0.2) is 39.0 Å². The maximum absolute atomic E-state index is 12.7. The number of likely N-dealkylation sites (tertiary alicyclic amines) is 1. The number of carbonyl (C=O) groups is 1. The summed E-state index contributed by atoms with van der Waals surface area (Å²) in [7, 11) is 0. The van der Waals surface area contributed by atoms with Crippen molar-refractivity contribution in [3.05, 3.63) is 48.2 Å². The first kappa shape index (κ1) is 12.1. The van der Waals surface area contributed by atoms with Gasteiger partial charge in [0.15, 0.2) is 5.82 Å². The van der Waals surface area contributed by atoms with E-state index in [4.69, 9.17) is 4.52 Å². The van der Waals surface area contributed by atoms with Gasteiger partial charge in [0.25, 0.3) is 5.91 Å². The largest absolute Gasteiger partial charge is 0.360 e. The molecule has 1 saturated heterocycles. The van der Waals surface area contributed by atoms with Crippen LogP contribution in [0.15, 0.2) is 41.4 Å². The molecule has 106 valence electrons. The minimum absolute atomic E-state index is 0.0541. The van der Waals surface area contributed by atoms with E-state index in [1.54, 1.807) is 6.20 Å². The van der Waals surface area contributed by atoms with Crippen LogP contribution >= 0.6 is 0 Å². The summed E-state index contributed by atoms with van der Waals surface area (Å²) in [5.41, 5.74) is 1.70. The number of carbonyl (C=O) groups excluding carboxylic acids is 1. The van der Waals surface area contributed by atoms with Crippen molar-refractivity contribution in [3.8, 4) is 0 Å². The van der Waals surface area contributed by atoms with Crippen molar-refractivity contribution < 1.29 is 9.32 Å². The zero-order valence-corrected chi connectivity index (χ0v) is 11.3. The van der Waals surface area contributed by atoms with E-state index in [0.717, 1.165) is 29.4 Å². The second-order valence-electron chi connectivity index (χ2n) is 5.27. The monoisotopic (exact) mass is 282 g/mol. The molecule has 4 rings (SSSR count). The third-order valence-corrected chi connectivity index (χ3v) is 4.04. The molecule has 1 aromatic carbocycles. The molecule has 1 N–H and O–H groups in total. The van der Waals surface area contributed by atoms with Crippen molar-refractivity contribution in [1.29, 1.82) is 0 Å². The molecule has 0 radical (unpaired) electrons. The molecular formula is C15H14N4O2. The molecule has 0 saturated carbocycles. The number of fused-ring (bicyclic) bond motifs is 1. The molecule has 0 spiro atoms. The molecule has 1 fully saturated rings. The Bertz CT molecular complexity index is 778. The maximum Gasteiger partial charge on any atom is 0.256 e. The van der Waals surface area contributed by atoms with Gasteiger partial charge in [0.2, 0.25) is 6.39 Å². The van der Waals surface area contributed by atoms with E-state index in [0.29, 0.717) is 12.4 Å². The fraction of sp³-hybridized carbons (Fsp3) is 0.267. The lowest BCUT2D eigenvalue weighted by molar-refractivity contribution is 0.0792. The third-order valence-electron chi connectivity index (χ3n) is 4.04. The van der Waals surface area contributed by atoms with Gasteiger partial charge >= 0.3 is 0 Å². The number of nitrogens with one attached hydrogen (secondary N) is 1. The van der Waals surface area contributed by atoms with Crippen LogP contribution in [0.25, 0.3) is 10.9 Å². The lowest BCUT2D eigenvalue weighted by Gasteiger charge is -2.15. The number of nitrogens with zero attached hydrogens (tertiary/aromatic N) is 3. The second-order valence-corrected chi connectivity index (χ2v) is 5.27. The molecular weight excluding hydrogens is 268 g/mol. The fourth-order valence-corrected chi connectivity index (χ4v) is 2.93. The first-order chi connectivity index (χ1) is 10.3. The van der Waals surface area contributed by atoms with Crippen LogP contribution in [0.4, 0.5) is 0 Å². The number of hydrogen-bond donors (Lipinski definition) is 1. The zero-order valence-electron chi connectivity index (χ0n) is 11.3.